The maximum Gasteiger partial charge on any atom is 0.170 e. The van der Waals surface area contributed by atoms with E-state index in [-0.39, 0.29) is 0 Å². The summed E-state index contributed by atoms with van der Waals surface area (Å²) < 4.78 is 2.06. The van der Waals surface area contributed by atoms with Gasteiger partial charge in [0.25, 0.3) is 0 Å². The van der Waals surface area contributed by atoms with E-state index in [2.05, 4.69) is 35.7 Å². The quantitative estimate of drug-likeness (QED) is 0.389. The van der Waals surface area contributed by atoms with Gasteiger partial charge in [0.1, 0.15) is 5.03 Å². The number of rotatable bonds is 3. The molecule has 30 heavy (non-hydrogen) atoms. The van der Waals surface area contributed by atoms with Crippen LogP contribution in [0.15, 0.2) is 50.2 Å². The predicted octanol–water partition coefficient (Wildman–Crippen LogP) is 6.70. The summed E-state index contributed by atoms with van der Waals surface area (Å²) in [7, 11) is 2.16. The van der Waals surface area contributed by atoms with Crippen molar-refractivity contribution in [2.45, 2.75) is 48.6 Å². The molecule has 3 heterocycles. The molecule has 0 atom stereocenters. The third kappa shape index (κ3) is 5.35. The van der Waals surface area contributed by atoms with Crippen LogP contribution in [0.1, 0.15) is 30.8 Å². The van der Waals surface area contributed by atoms with Gasteiger partial charge in [-0.05, 0) is 52.3 Å². The molecular weight excluding hydrogens is 455 g/mol. The Morgan fingerprint density at radius 3 is 2.67 bits per heavy atom. The molecule has 0 unspecified atom stereocenters. The minimum atomic E-state index is 0.747. The van der Waals surface area contributed by atoms with Gasteiger partial charge in [0, 0.05) is 45.7 Å². The van der Waals surface area contributed by atoms with Crippen LogP contribution in [0.3, 0.4) is 0 Å². The Kier molecular flexibility index (Phi) is 8.16. The maximum absolute atomic E-state index is 6.15. The Balaban J connectivity index is 0.000000461. The molecule has 0 saturated carbocycles. The van der Waals surface area contributed by atoms with Crippen LogP contribution in [0.5, 0.6) is 0 Å². The average molecular weight is 482 g/mol. The molecule has 0 aliphatic carbocycles. The molecule has 0 bridgehead atoms. The lowest BCUT2D eigenvalue weighted by Crippen LogP contribution is -2.29. The topological polar surface area (TPSA) is 33.4 Å². The summed E-state index contributed by atoms with van der Waals surface area (Å²) in [6.07, 6.45) is 4.92. The van der Waals surface area contributed by atoms with Gasteiger partial charge in [0.15, 0.2) is 5.65 Å². The first kappa shape index (κ1) is 23.5. The summed E-state index contributed by atoms with van der Waals surface area (Å²) in [5.74, 6) is 0. The number of halogens is 2. The molecule has 0 saturated heterocycles. The van der Waals surface area contributed by atoms with E-state index in [0.717, 1.165) is 55.7 Å². The van der Waals surface area contributed by atoms with E-state index >= 15 is 0 Å². The first-order valence-corrected chi connectivity index (χ1v) is 12.5. The SMILES string of the molecule is C/C=C(\C)Cl.CSc1nn2c3c(c(C)nc2c1Sc1cccc(Cl)c1)CN(C)CC3. The van der Waals surface area contributed by atoms with Crippen LogP contribution in [0.25, 0.3) is 5.65 Å². The Morgan fingerprint density at radius 2 is 2.03 bits per heavy atom. The van der Waals surface area contributed by atoms with E-state index in [1.807, 2.05) is 38.1 Å². The predicted molar refractivity (Wildman–Crippen MR) is 130 cm³/mol. The molecule has 2 aromatic heterocycles. The van der Waals surface area contributed by atoms with Gasteiger partial charge in [-0.25, -0.2) is 9.50 Å². The van der Waals surface area contributed by atoms with E-state index in [4.69, 9.17) is 33.3 Å². The highest BCUT2D eigenvalue weighted by Gasteiger charge is 2.24. The number of aryl methyl sites for hydroxylation is 1. The average Bonchev–Trinajstić information content (AvgIpc) is 3.06. The fourth-order valence-electron chi connectivity index (χ4n) is 3.20. The minimum Gasteiger partial charge on any atom is -0.302 e. The first-order valence-electron chi connectivity index (χ1n) is 9.69. The molecule has 8 heteroatoms. The number of allylic oxidation sites excluding steroid dienone is 2. The third-order valence-corrected chi connectivity index (χ3v) is 7.19. The van der Waals surface area contributed by atoms with Gasteiger partial charge >= 0.3 is 0 Å². The summed E-state index contributed by atoms with van der Waals surface area (Å²) in [5, 5.41) is 7.49. The van der Waals surface area contributed by atoms with Gasteiger partial charge in [-0.1, -0.05) is 47.1 Å². The molecular formula is C22H26Cl2N4S2. The van der Waals surface area contributed by atoms with Crippen molar-refractivity contribution in [2.24, 2.45) is 0 Å². The van der Waals surface area contributed by atoms with E-state index in [1.165, 1.54) is 11.3 Å². The summed E-state index contributed by atoms with van der Waals surface area (Å²) >= 11 is 14.8. The zero-order valence-electron chi connectivity index (χ0n) is 17.9. The standard InChI is InChI=1S/C18H19ClN4S2.C4H7Cl/c1-11-14-10-22(2)8-7-15(14)23-17(20-11)16(18(21-23)24-3)25-13-6-4-5-12(19)9-13;1-3-4(2)5/h4-6,9H,7-8,10H2,1-3H3;3H,1-2H3/b;4-3+. The monoisotopic (exact) mass is 480 g/mol. The van der Waals surface area contributed by atoms with Crippen LogP contribution in [0, 0.1) is 6.92 Å². The van der Waals surface area contributed by atoms with Crippen LogP contribution >= 0.6 is 46.7 Å². The molecule has 0 spiro atoms. The molecule has 0 radical (unpaired) electrons. The van der Waals surface area contributed by atoms with E-state index in [9.17, 15) is 0 Å². The zero-order valence-corrected chi connectivity index (χ0v) is 21.0. The second kappa shape index (κ2) is 10.4. The highest BCUT2D eigenvalue weighted by molar-refractivity contribution is 8.02. The molecule has 4 nitrogen and oxygen atoms in total. The Bertz CT molecular complexity index is 1070. The lowest BCUT2D eigenvalue weighted by atomic mass is 10.0. The van der Waals surface area contributed by atoms with Crippen molar-refractivity contribution in [2.75, 3.05) is 19.8 Å². The van der Waals surface area contributed by atoms with Crippen LogP contribution in [0.4, 0.5) is 0 Å². The molecule has 1 aliphatic heterocycles. The van der Waals surface area contributed by atoms with Crippen molar-refractivity contribution in [3.8, 4) is 0 Å². The number of aromatic nitrogens is 3. The van der Waals surface area contributed by atoms with E-state index in [0.29, 0.717) is 0 Å². The maximum atomic E-state index is 6.15. The number of fused-ring (bicyclic) bond motifs is 3. The van der Waals surface area contributed by atoms with Crippen molar-refractivity contribution in [3.63, 3.8) is 0 Å². The van der Waals surface area contributed by atoms with Crippen molar-refractivity contribution in [3.05, 3.63) is 57.3 Å². The largest absolute Gasteiger partial charge is 0.302 e. The molecule has 0 fully saturated rings. The van der Waals surface area contributed by atoms with Gasteiger partial charge < -0.3 is 4.90 Å². The highest BCUT2D eigenvalue weighted by atomic mass is 35.5. The number of thioether (sulfide) groups is 1. The number of benzene rings is 1. The number of hydrogen-bond donors (Lipinski definition) is 0. The number of likely N-dealkylation sites (N-methyl/N-ethyl adjacent to an activating group) is 1. The molecule has 0 N–H and O–H groups in total. The van der Waals surface area contributed by atoms with Crippen molar-refractivity contribution < 1.29 is 0 Å². The highest BCUT2D eigenvalue weighted by Crippen LogP contribution is 2.39. The summed E-state index contributed by atoms with van der Waals surface area (Å²) in [4.78, 5) is 9.47. The second-order valence-electron chi connectivity index (χ2n) is 7.12. The van der Waals surface area contributed by atoms with Gasteiger partial charge in [-0.2, -0.15) is 5.10 Å². The lowest BCUT2D eigenvalue weighted by Gasteiger charge is -2.26. The summed E-state index contributed by atoms with van der Waals surface area (Å²) in [6, 6.07) is 7.93. The first-order chi connectivity index (χ1) is 14.3. The second-order valence-corrected chi connectivity index (χ2v) is 10.0. The normalized spacial score (nSPS) is 14.4. The Morgan fingerprint density at radius 1 is 1.30 bits per heavy atom. The Hall–Kier alpha value is -1.18. The fraction of sp³-hybridized carbons (Fsp3) is 0.364. The molecule has 3 aromatic rings. The number of hydrogen-bond acceptors (Lipinski definition) is 5. The van der Waals surface area contributed by atoms with E-state index in [1.54, 1.807) is 23.5 Å². The van der Waals surface area contributed by atoms with Crippen LogP contribution in [0.2, 0.25) is 5.02 Å². The molecule has 0 amide bonds. The molecule has 4 rings (SSSR count). The Labute approximate surface area is 197 Å². The summed E-state index contributed by atoms with van der Waals surface area (Å²) in [5.41, 5.74) is 4.68. The van der Waals surface area contributed by atoms with Crippen LogP contribution < -0.4 is 0 Å². The van der Waals surface area contributed by atoms with Gasteiger partial charge in [-0.3, -0.25) is 0 Å². The smallest absolute Gasteiger partial charge is 0.170 e. The molecule has 1 aromatic carbocycles. The van der Waals surface area contributed by atoms with Crippen LogP contribution in [-0.2, 0) is 13.0 Å². The molecule has 1 aliphatic rings. The van der Waals surface area contributed by atoms with Gasteiger partial charge in [0.2, 0.25) is 0 Å². The van der Waals surface area contributed by atoms with Crippen molar-refractivity contribution >= 4 is 52.4 Å². The van der Waals surface area contributed by atoms with Crippen molar-refractivity contribution in [1.29, 1.82) is 0 Å². The van der Waals surface area contributed by atoms with E-state index < -0.39 is 0 Å². The lowest BCUT2D eigenvalue weighted by molar-refractivity contribution is 0.306. The summed E-state index contributed by atoms with van der Waals surface area (Å²) in [6.45, 7) is 7.85. The third-order valence-electron chi connectivity index (χ3n) is 4.87. The molecule has 160 valence electrons. The van der Waals surface area contributed by atoms with Crippen molar-refractivity contribution in [1.82, 2.24) is 19.5 Å². The fourth-order valence-corrected chi connectivity index (χ4v) is 5.19. The number of nitrogens with zero attached hydrogens (tertiary/aromatic N) is 4. The zero-order chi connectivity index (χ0) is 21.8. The van der Waals surface area contributed by atoms with Gasteiger partial charge in [-0.15, -0.1) is 11.8 Å². The van der Waals surface area contributed by atoms with Gasteiger partial charge in [0.05, 0.1) is 10.6 Å². The minimum absolute atomic E-state index is 0.747. The van der Waals surface area contributed by atoms with Crippen LogP contribution in [-0.4, -0.2) is 39.3 Å².